The fourth-order valence-corrected chi connectivity index (χ4v) is 5.23. The van der Waals surface area contributed by atoms with E-state index in [0.717, 1.165) is 0 Å². The van der Waals surface area contributed by atoms with Gasteiger partial charge in [0.05, 0.1) is 18.9 Å². The first-order chi connectivity index (χ1) is 14.0. The number of rotatable bonds is 8. The van der Waals surface area contributed by atoms with Gasteiger partial charge in [-0.1, -0.05) is 20.8 Å². The highest BCUT2D eigenvalue weighted by Crippen LogP contribution is 2.48. The van der Waals surface area contributed by atoms with Gasteiger partial charge in [-0.15, -0.1) is 0 Å². The topological polar surface area (TPSA) is 108 Å². The first-order valence-corrected chi connectivity index (χ1v) is 13.8. The number of hydrogen-bond acceptors (Lipinski definition) is 7. The van der Waals surface area contributed by atoms with E-state index in [1.165, 1.54) is 4.90 Å². The second-order valence-electron chi connectivity index (χ2n) is 10.6. The van der Waals surface area contributed by atoms with E-state index >= 15 is 0 Å². The Balaban J connectivity index is 3.56. The number of nitro groups is 1. The molecule has 1 amide bonds. The molecular weight excluding hydrogens is 420 g/mol. The zero-order chi connectivity index (χ0) is 24.2. The number of esters is 1. The number of likely N-dealkylation sites (tertiary alicyclic amines) is 1. The van der Waals surface area contributed by atoms with Gasteiger partial charge in [-0.05, 0) is 52.1 Å². The molecule has 0 bridgehead atoms. The molecule has 180 valence electrons. The van der Waals surface area contributed by atoms with Crippen LogP contribution in [-0.4, -0.2) is 61.9 Å². The summed E-state index contributed by atoms with van der Waals surface area (Å²) in [5, 5.41) is 11.6. The maximum absolute atomic E-state index is 13.3. The molecule has 3 atom stereocenters. The molecule has 0 saturated carbocycles. The summed E-state index contributed by atoms with van der Waals surface area (Å²) in [5.74, 6) is -1.37. The minimum absolute atomic E-state index is 0.0178. The second kappa shape index (κ2) is 10.3. The average molecular weight is 461 g/mol. The first kappa shape index (κ1) is 27.4. The lowest BCUT2D eigenvalue weighted by Gasteiger charge is -2.44. The zero-order valence-electron chi connectivity index (χ0n) is 20.5. The third kappa shape index (κ3) is 7.75. The van der Waals surface area contributed by atoms with Gasteiger partial charge in [0.15, 0.2) is 9.04 Å². The predicted octanol–water partition coefficient (Wildman–Crippen LogP) is 3.83. The fraction of sp³-hybridized carbons (Fsp3) is 0.905. The highest BCUT2D eigenvalue weighted by molar-refractivity contribution is 6.48. The molecule has 1 fully saturated rings. The van der Waals surface area contributed by atoms with E-state index in [-0.39, 0.29) is 24.4 Å². The van der Waals surface area contributed by atoms with Crippen LogP contribution >= 0.6 is 0 Å². The number of carbonyl (C=O) groups is 2. The minimum atomic E-state index is -1.79. The van der Waals surface area contributed by atoms with E-state index in [4.69, 9.17) is 13.9 Å². The fourth-order valence-electron chi connectivity index (χ4n) is 4.00. The maximum Gasteiger partial charge on any atom is 0.412 e. The molecule has 9 nitrogen and oxygen atoms in total. The number of amides is 1. The Morgan fingerprint density at radius 3 is 2.23 bits per heavy atom. The summed E-state index contributed by atoms with van der Waals surface area (Å²) in [6.45, 7) is 17.1. The molecule has 0 spiro atoms. The van der Waals surface area contributed by atoms with Crippen molar-refractivity contribution >= 4 is 21.1 Å². The molecule has 0 N–H and O–H groups in total. The molecule has 1 heterocycles. The maximum atomic E-state index is 13.3. The van der Waals surface area contributed by atoms with Gasteiger partial charge in [0, 0.05) is 17.9 Å². The van der Waals surface area contributed by atoms with Crippen molar-refractivity contribution in [3.63, 3.8) is 0 Å². The summed E-state index contributed by atoms with van der Waals surface area (Å²) >= 11 is 0. The third-order valence-electron chi connectivity index (χ3n) is 5.40. The SMILES string of the molecule is CCOC(=O)CC(C[N+](=O)[O-])[C@@]1(O[SiH](C)C)C[C@H](C(C)(C)C)CN1C(=O)OC(C)(C)C. The lowest BCUT2D eigenvalue weighted by molar-refractivity contribution is -0.494. The lowest BCUT2D eigenvalue weighted by Crippen LogP contribution is -2.58. The van der Waals surface area contributed by atoms with Crippen molar-refractivity contribution in [2.75, 3.05) is 19.7 Å². The molecule has 0 aromatic heterocycles. The van der Waals surface area contributed by atoms with E-state index in [9.17, 15) is 19.7 Å². The van der Waals surface area contributed by atoms with Gasteiger partial charge in [0.1, 0.15) is 11.3 Å². The Labute approximate surface area is 187 Å². The van der Waals surface area contributed by atoms with Crippen LogP contribution in [0.1, 0.15) is 61.3 Å². The van der Waals surface area contributed by atoms with Gasteiger partial charge < -0.3 is 13.9 Å². The monoisotopic (exact) mass is 460 g/mol. The van der Waals surface area contributed by atoms with Crippen molar-refractivity contribution in [1.82, 2.24) is 4.90 Å². The summed E-state index contributed by atoms with van der Waals surface area (Å²) < 4.78 is 17.2. The van der Waals surface area contributed by atoms with Crippen LogP contribution in [0.15, 0.2) is 0 Å². The smallest absolute Gasteiger partial charge is 0.412 e. The first-order valence-electron chi connectivity index (χ1n) is 11.0. The number of carbonyl (C=O) groups excluding carboxylic acids is 2. The highest BCUT2D eigenvalue weighted by atomic mass is 28.3. The third-order valence-corrected chi connectivity index (χ3v) is 6.28. The number of ether oxygens (including phenoxy) is 2. The van der Waals surface area contributed by atoms with Gasteiger partial charge in [-0.3, -0.25) is 19.8 Å². The average Bonchev–Trinajstić information content (AvgIpc) is 2.92. The van der Waals surface area contributed by atoms with Crippen molar-refractivity contribution in [2.45, 2.75) is 85.7 Å². The molecule has 1 rings (SSSR count). The van der Waals surface area contributed by atoms with Crippen molar-refractivity contribution in [2.24, 2.45) is 17.3 Å². The summed E-state index contributed by atoms with van der Waals surface area (Å²) in [6, 6.07) is 0. The van der Waals surface area contributed by atoms with Crippen LogP contribution in [0.5, 0.6) is 0 Å². The molecule has 0 radical (unpaired) electrons. The van der Waals surface area contributed by atoms with Crippen molar-refractivity contribution in [3.05, 3.63) is 10.1 Å². The molecule has 1 aliphatic heterocycles. The van der Waals surface area contributed by atoms with E-state index < -0.39 is 49.8 Å². The molecule has 0 aromatic rings. The Hall–Kier alpha value is -1.68. The Morgan fingerprint density at radius 2 is 1.81 bits per heavy atom. The number of nitrogens with zero attached hydrogens (tertiary/aromatic N) is 2. The summed E-state index contributed by atoms with van der Waals surface area (Å²) in [6.07, 6.45) is -0.378. The molecular formula is C21H40N2O7Si. The summed E-state index contributed by atoms with van der Waals surface area (Å²) in [4.78, 5) is 38.3. The van der Waals surface area contributed by atoms with Gasteiger partial charge in [-0.2, -0.15) is 0 Å². The summed E-state index contributed by atoms with van der Waals surface area (Å²) in [5.41, 5.74) is -2.20. The Kier molecular flexibility index (Phi) is 9.08. The van der Waals surface area contributed by atoms with Crippen LogP contribution in [0.2, 0.25) is 13.1 Å². The summed E-state index contributed by atoms with van der Waals surface area (Å²) in [7, 11) is -1.79. The zero-order valence-corrected chi connectivity index (χ0v) is 21.7. The quantitative estimate of drug-likeness (QED) is 0.234. The van der Waals surface area contributed by atoms with Gasteiger partial charge in [-0.25, -0.2) is 4.79 Å². The van der Waals surface area contributed by atoms with E-state index in [1.54, 1.807) is 27.7 Å². The van der Waals surface area contributed by atoms with Gasteiger partial charge >= 0.3 is 12.1 Å². The van der Waals surface area contributed by atoms with Crippen LogP contribution in [0.4, 0.5) is 4.79 Å². The van der Waals surface area contributed by atoms with E-state index in [1.807, 2.05) is 13.1 Å². The van der Waals surface area contributed by atoms with Crippen molar-refractivity contribution < 1.29 is 28.4 Å². The number of hydrogen-bond donors (Lipinski definition) is 0. The van der Waals surface area contributed by atoms with Crippen LogP contribution in [0.25, 0.3) is 0 Å². The van der Waals surface area contributed by atoms with Gasteiger partial charge in [0.2, 0.25) is 6.54 Å². The Bertz CT molecular complexity index is 657. The minimum Gasteiger partial charge on any atom is -0.466 e. The van der Waals surface area contributed by atoms with Crippen molar-refractivity contribution in [1.29, 1.82) is 0 Å². The normalized spacial score (nSPS) is 23.0. The van der Waals surface area contributed by atoms with Crippen LogP contribution in [-0.2, 0) is 18.7 Å². The van der Waals surface area contributed by atoms with Gasteiger partial charge in [0.25, 0.3) is 0 Å². The molecule has 1 unspecified atom stereocenters. The van der Waals surface area contributed by atoms with Crippen LogP contribution in [0.3, 0.4) is 0 Å². The highest BCUT2D eigenvalue weighted by Gasteiger charge is 2.58. The van der Waals surface area contributed by atoms with E-state index in [0.29, 0.717) is 13.0 Å². The predicted molar refractivity (Wildman–Crippen MR) is 120 cm³/mol. The van der Waals surface area contributed by atoms with E-state index in [2.05, 4.69) is 20.8 Å². The molecule has 31 heavy (non-hydrogen) atoms. The second-order valence-corrected chi connectivity index (χ2v) is 12.9. The molecule has 10 heteroatoms. The van der Waals surface area contributed by atoms with Crippen LogP contribution < -0.4 is 0 Å². The molecule has 0 aliphatic carbocycles. The molecule has 1 aliphatic rings. The van der Waals surface area contributed by atoms with Crippen LogP contribution in [0, 0.1) is 27.4 Å². The largest absolute Gasteiger partial charge is 0.466 e. The van der Waals surface area contributed by atoms with Crippen molar-refractivity contribution in [3.8, 4) is 0 Å². The standard InChI is InChI=1S/C21H40N2O7Si/c1-10-28-17(24)11-15(14-23(26)27)21(30-31(8)9)12-16(19(2,3)4)13-22(21)18(25)29-20(5,6)7/h15-16,31H,10-14H2,1-9H3/t15?,16-,21-/m0/s1. The Morgan fingerprint density at radius 1 is 1.23 bits per heavy atom. The lowest BCUT2D eigenvalue weighted by atomic mass is 9.77. The molecule has 0 aromatic carbocycles. The molecule has 1 saturated heterocycles.